The van der Waals surface area contributed by atoms with Crippen LogP contribution in [0.4, 0.5) is 0 Å². The number of hydrogen-bond donors (Lipinski definition) is 3. The monoisotopic (exact) mass is 420 g/mol. The van der Waals surface area contributed by atoms with Gasteiger partial charge in [-0.05, 0) is 86.8 Å². The van der Waals surface area contributed by atoms with Gasteiger partial charge in [-0.2, -0.15) is 0 Å². The summed E-state index contributed by atoms with van der Waals surface area (Å²) in [5.41, 5.74) is 0.783. The molecule has 1 aromatic carbocycles. The molecule has 4 aliphatic carbocycles. The highest BCUT2D eigenvalue weighted by Crippen LogP contribution is 2.59. The van der Waals surface area contributed by atoms with Crippen molar-refractivity contribution >= 4 is 17.5 Å². The van der Waals surface area contributed by atoms with E-state index in [2.05, 4.69) is 10.6 Å². The van der Waals surface area contributed by atoms with E-state index in [4.69, 9.17) is 21.4 Å². The molecule has 1 amide bonds. The first-order valence-corrected chi connectivity index (χ1v) is 11.4. The Morgan fingerprint density at radius 3 is 2.52 bits per heavy atom. The van der Waals surface area contributed by atoms with Gasteiger partial charge in [-0.25, -0.2) is 0 Å². The third-order valence-corrected chi connectivity index (χ3v) is 7.44. The van der Waals surface area contributed by atoms with Crippen LogP contribution in [0, 0.1) is 23.2 Å². The summed E-state index contributed by atoms with van der Waals surface area (Å²) in [5, 5.41) is 15.8. The summed E-state index contributed by atoms with van der Waals surface area (Å²) in [4.78, 5) is 12.9. The highest BCUT2D eigenvalue weighted by atomic mass is 35.5. The number of carbonyl (C=O) groups is 1. The van der Waals surface area contributed by atoms with Gasteiger partial charge in [0.05, 0.1) is 17.2 Å². The Morgan fingerprint density at radius 1 is 1.24 bits per heavy atom. The smallest absolute Gasteiger partial charge is 0.252 e. The number of benzene rings is 1. The van der Waals surface area contributed by atoms with E-state index in [1.165, 1.54) is 38.5 Å². The molecule has 1 atom stereocenters. The average Bonchev–Trinajstić information content (AvgIpc) is 2.69. The van der Waals surface area contributed by atoms with Gasteiger partial charge in [0.1, 0.15) is 12.4 Å². The number of hydrogen-bond acceptors (Lipinski definition) is 4. The Bertz CT molecular complexity index is 704. The summed E-state index contributed by atoms with van der Waals surface area (Å²) < 4.78 is 5.74. The summed E-state index contributed by atoms with van der Waals surface area (Å²) >= 11 is 6.31. The van der Waals surface area contributed by atoms with Crippen LogP contribution >= 0.6 is 11.6 Å². The minimum absolute atomic E-state index is 0.0368. The second-order valence-corrected chi connectivity index (χ2v) is 10.0. The minimum atomic E-state index is -0.108. The fraction of sp³-hybridized carbons (Fsp3) is 0.696. The van der Waals surface area contributed by atoms with Gasteiger partial charge >= 0.3 is 0 Å². The molecule has 0 radical (unpaired) electrons. The molecule has 5 nitrogen and oxygen atoms in total. The van der Waals surface area contributed by atoms with Gasteiger partial charge in [0, 0.05) is 19.1 Å². The zero-order chi connectivity index (χ0) is 20.4. The van der Waals surface area contributed by atoms with Gasteiger partial charge in [0.15, 0.2) is 0 Å². The Labute approximate surface area is 178 Å². The van der Waals surface area contributed by atoms with E-state index in [0.717, 1.165) is 24.3 Å². The predicted octanol–water partition coefficient (Wildman–Crippen LogP) is 3.64. The highest BCUT2D eigenvalue weighted by molar-refractivity contribution is 6.33. The summed E-state index contributed by atoms with van der Waals surface area (Å²) in [6, 6.07) is 5.27. The Balaban J connectivity index is 1.32. The number of aliphatic hydroxyl groups excluding tert-OH is 1. The van der Waals surface area contributed by atoms with Gasteiger partial charge in [-0.3, -0.25) is 4.79 Å². The molecule has 3 N–H and O–H groups in total. The standard InChI is InChI=1S/C23H33ClN2O3/c1-15(13-27)25-4-5-29-19-2-3-21(24)20(9-19)22(28)26-14-23-10-16-6-17(11-23)8-18(7-16)12-23/h2-3,9,15-18,25,27H,4-8,10-14H2,1H3,(H,26,28)/t15-,16?,17?,18?,23?/m0/s1. The number of aliphatic hydroxyl groups is 1. The Morgan fingerprint density at radius 2 is 1.90 bits per heavy atom. The summed E-state index contributed by atoms with van der Waals surface area (Å²) in [6.07, 6.45) is 8.04. The molecule has 0 unspecified atom stereocenters. The fourth-order valence-corrected chi connectivity index (χ4v) is 6.38. The van der Waals surface area contributed by atoms with Crippen LogP contribution < -0.4 is 15.4 Å². The molecule has 4 bridgehead atoms. The molecule has 4 aliphatic rings. The van der Waals surface area contributed by atoms with Crippen molar-refractivity contribution in [1.82, 2.24) is 10.6 Å². The van der Waals surface area contributed by atoms with E-state index >= 15 is 0 Å². The van der Waals surface area contributed by atoms with Gasteiger partial charge < -0.3 is 20.5 Å². The van der Waals surface area contributed by atoms with Gasteiger partial charge in [0.2, 0.25) is 0 Å². The lowest BCUT2D eigenvalue weighted by molar-refractivity contribution is -0.0503. The SMILES string of the molecule is C[C@@H](CO)NCCOc1ccc(Cl)c(C(=O)NCC23CC4CC(CC(C4)C2)C3)c1. The third kappa shape index (κ3) is 4.89. The van der Waals surface area contributed by atoms with Crippen molar-refractivity contribution in [2.45, 2.75) is 51.5 Å². The molecule has 0 saturated heterocycles. The molecule has 1 aromatic rings. The summed E-state index contributed by atoms with van der Waals surface area (Å²) in [5.74, 6) is 3.15. The molecular weight excluding hydrogens is 388 g/mol. The third-order valence-electron chi connectivity index (χ3n) is 7.11. The molecule has 0 heterocycles. The normalized spacial score (nSPS) is 30.9. The number of carbonyl (C=O) groups excluding carboxylic acids is 1. The number of amides is 1. The number of ether oxygens (including phenoxy) is 1. The molecule has 5 rings (SSSR count). The zero-order valence-electron chi connectivity index (χ0n) is 17.3. The molecule has 29 heavy (non-hydrogen) atoms. The van der Waals surface area contributed by atoms with Crippen LogP contribution in [-0.2, 0) is 0 Å². The molecule has 4 saturated carbocycles. The van der Waals surface area contributed by atoms with E-state index in [-0.39, 0.29) is 18.6 Å². The molecule has 160 valence electrons. The maximum absolute atomic E-state index is 12.9. The van der Waals surface area contributed by atoms with E-state index in [0.29, 0.717) is 34.9 Å². The van der Waals surface area contributed by atoms with Crippen molar-refractivity contribution < 1.29 is 14.6 Å². The molecule has 4 fully saturated rings. The molecule has 0 aliphatic heterocycles. The summed E-state index contributed by atoms with van der Waals surface area (Å²) in [6.45, 7) is 3.85. The van der Waals surface area contributed by atoms with E-state index in [1.807, 2.05) is 6.92 Å². The predicted molar refractivity (Wildman–Crippen MR) is 114 cm³/mol. The lowest BCUT2D eigenvalue weighted by atomic mass is 9.49. The Hall–Kier alpha value is -1.30. The second-order valence-electron chi connectivity index (χ2n) is 9.63. The average molecular weight is 421 g/mol. The molecule has 0 spiro atoms. The molecule has 6 heteroatoms. The van der Waals surface area contributed by atoms with Crippen molar-refractivity contribution in [1.29, 1.82) is 0 Å². The largest absolute Gasteiger partial charge is 0.492 e. The van der Waals surface area contributed by atoms with E-state index in [9.17, 15) is 4.79 Å². The van der Waals surface area contributed by atoms with Gasteiger partial charge in [-0.1, -0.05) is 11.6 Å². The van der Waals surface area contributed by atoms with Crippen LogP contribution in [0.1, 0.15) is 55.8 Å². The Kier molecular flexibility index (Phi) is 6.38. The second kappa shape index (κ2) is 8.83. The van der Waals surface area contributed by atoms with Gasteiger partial charge in [-0.15, -0.1) is 0 Å². The van der Waals surface area contributed by atoms with Crippen molar-refractivity contribution in [2.75, 3.05) is 26.3 Å². The number of rotatable bonds is 9. The maximum Gasteiger partial charge on any atom is 0.252 e. The van der Waals surface area contributed by atoms with Crippen LogP contribution in [0.2, 0.25) is 5.02 Å². The van der Waals surface area contributed by atoms with Crippen molar-refractivity contribution in [3.8, 4) is 5.75 Å². The van der Waals surface area contributed by atoms with Crippen molar-refractivity contribution in [3.63, 3.8) is 0 Å². The van der Waals surface area contributed by atoms with Crippen LogP contribution in [0.3, 0.4) is 0 Å². The molecular formula is C23H33ClN2O3. The minimum Gasteiger partial charge on any atom is -0.492 e. The first-order valence-electron chi connectivity index (χ1n) is 11.0. The molecule has 0 aromatic heterocycles. The highest BCUT2D eigenvalue weighted by Gasteiger charge is 2.50. The lowest BCUT2D eigenvalue weighted by Gasteiger charge is -2.56. The summed E-state index contributed by atoms with van der Waals surface area (Å²) in [7, 11) is 0. The van der Waals surface area contributed by atoms with Gasteiger partial charge in [0.25, 0.3) is 5.91 Å². The van der Waals surface area contributed by atoms with Crippen LogP contribution in [0.25, 0.3) is 0 Å². The maximum atomic E-state index is 12.9. The van der Waals surface area contributed by atoms with Crippen LogP contribution in [-0.4, -0.2) is 43.4 Å². The zero-order valence-corrected chi connectivity index (χ0v) is 18.0. The number of nitrogens with one attached hydrogen (secondary N) is 2. The first-order chi connectivity index (χ1) is 14.0. The lowest BCUT2D eigenvalue weighted by Crippen LogP contribution is -2.51. The van der Waals surface area contributed by atoms with E-state index < -0.39 is 0 Å². The topological polar surface area (TPSA) is 70.6 Å². The fourth-order valence-electron chi connectivity index (χ4n) is 6.18. The van der Waals surface area contributed by atoms with Crippen LogP contribution in [0.5, 0.6) is 5.75 Å². The quantitative estimate of drug-likeness (QED) is 0.533. The van der Waals surface area contributed by atoms with Crippen LogP contribution in [0.15, 0.2) is 18.2 Å². The van der Waals surface area contributed by atoms with Crippen molar-refractivity contribution in [3.05, 3.63) is 28.8 Å². The number of halogens is 1. The first kappa shape index (κ1) is 21.0. The van der Waals surface area contributed by atoms with Crippen molar-refractivity contribution in [2.24, 2.45) is 23.2 Å². The van der Waals surface area contributed by atoms with E-state index in [1.54, 1.807) is 18.2 Å².